The lowest BCUT2D eigenvalue weighted by Gasteiger charge is -2.06. The highest BCUT2D eigenvalue weighted by Crippen LogP contribution is 2.57. The largest absolute Gasteiger partial charge is 0.383 e. The van der Waals surface area contributed by atoms with Crippen molar-refractivity contribution in [1.82, 2.24) is 15.3 Å². The number of rotatable bonds is 6. The van der Waals surface area contributed by atoms with E-state index in [2.05, 4.69) is 29.1 Å². The summed E-state index contributed by atoms with van der Waals surface area (Å²) in [5.74, 6) is 1.54. The van der Waals surface area contributed by atoms with Gasteiger partial charge >= 0.3 is 0 Å². The summed E-state index contributed by atoms with van der Waals surface area (Å²) in [4.78, 5) is 8.99. The first-order valence-electron chi connectivity index (χ1n) is 6.15. The number of hydrogen-bond donors (Lipinski definition) is 1. The van der Waals surface area contributed by atoms with E-state index >= 15 is 0 Å². The molecule has 4 nitrogen and oxygen atoms in total. The molecule has 0 bridgehead atoms. The van der Waals surface area contributed by atoms with E-state index in [0.29, 0.717) is 11.3 Å². The van der Waals surface area contributed by atoms with Gasteiger partial charge in [-0.25, -0.2) is 9.97 Å². The number of methoxy groups -OCH3 is 1. The third kappa shape index (κ3) is 3.23. The van der Waals surface area contributed by atoms with Crippen molar-refractivity contribution in [3.05, 3.63) is 23.8 Å². The molecule has 94 valence electrons. The minimum Gasteiger partial charge on any atom is -0.383 e. The van der Waals surface area contributed by atoms with E-state index in [1.807, 2.05) is 12.3 Å². The quantitative estimate of drug-likeness (QED) is 0.763. The zero-order chi connectivity index (χ0) is 12.3. The Morgan fingerprint density at radius 2 is 2.29 bits per heavy atom. The zero-order valence-electron chi connectivity index (χ0n) is 10.9. The van der Waals surface area contributed by atoms with Crippen molar-refractivity contribution in [3.8, 4) is 0 Å². The summed E-state index contributed by atoms with van der Waals surface area (Å²) in [5.41, 5.74) is 1.45. The van der Waals surface area contributed by atoms with Gasteiger partial charge in [-0.05, 0) is 17.9 Å². The van der Waals surface area contributed by atoms with Crippen LogP contribution in [0, 0.1) is 5.41 Å². The summed E-state index contributed by atoms with van der Waals surface area (Å²) < 4.78 is 4.98. The molecule has 0 radical (unpaired) electrons. The van der Waals surface area contributed by atoms with Crippen LogP contribution in [0.2, 0.25) is 0 Å². The topological polar surface area (TPSA) is 47.0 Å². The van der Waals surface area contributed by atoms with Crippen molar-refractivity contribution in [1.29, 1.82) is 0 Å². The molecule has 1 heterocycles. The van der Waals surface area contributed by atoms with Crippen LogP contribution in [0.4, 0.5) is 0 Å². The van der Waals surface area contributed by atoms with E-state index in [4.69, 9.17) is 4.74 Å². The Balaban J connectivity index is 1.89. The number of nitrogens with one attached hydrogen (secondary N) is 1. The maximum atomic E-state index is 4.98. The summed E-state index contributed by atoms with van der Waals surface area (Å²) in [6, 6.07) is 1.97. The van der Waals surface area contributed by atoms with Gasteiger partial charge in [-0.2, -0.15) is 0 Å². The van der Waals surface area contributed by atoms with Crippen LogP contribution >= 0.6 is 0 Å². The predicted octanol–water partition coefficient (Wildman–Crippen LogP) is 1.73. The Morgan fingerprint density at radius 1 is 1.53 bits per heavy atom. The van der Waals surface area contributed by atoms with E-state index < -0.39 is 0 Å². The van der Waals surface area contributed by atoms with Gasteiger partial charge < -0.3 is 10.1 Å². The van der Waals surface area contributed by atoms with Crippen molar-refractivity contribution >= 4 is 0 Å². The molecular formula is C13H21N3O. The highest BCUT2D eigenvalue weighted by molar-refractivity contribution is 5.17. The standard InChI is InChI=1S/C13H21N3O/c1-13(2)8-11(13)12-15-5-4-10(16-12)9-14-6-7-17-3/h4-5,11,14H,6-9H2,1-3H3. The van der Waals surface area contributed by atoms with Crippen LogP contribution in [-0.4, -0.2) is 30.2 Å². The number of hydrogen-bond acceptors (Lipinski definition) is 4. The molecule has 1 aromatic rings. The fourth-order valence-corrected chi connectivity index (χ4v) is 1.98. The van der Waals surface area contributed by atoms with Crippen molar-refractivity contribution in [2.75, 3.05) is 20.3 Å². The Hall–Kier alpha value is -1.00. The van der Waals surface area contributed by atoms with Crippen LogP contribution in [0.15, 0.2) is 12.3 Å². The molecule has 2 rings (SSSR count). The highest BCUT2D eigenvalue weighted by atomic mass is 16.5. The Labute approximate surface area is 103 Å². The monoisotopic (exact) mass is 235 g/mol. The van der Waals surface area contributed by atoms with E-state index in [-0.39, 0.29) is 0 Å². The average Bonchev–Trinajstić information content (AvgIpc) is 2.95. The first kappa shape index (κ1) is 12.5. The first-order valence-corrected chi connectivity index (χ1v) is 6.15. The van der Waals surface area contributed by atoms with Gasteiger partial charge in [0.05, 0.1) is 12.3 Å². The minimum absolute atomic E-state index is 0.391. The number of aromatic nitrogens is 2. The van der Waals surface area contributed by atoms with E-state index in [9.17, 15) is 0 Å². The van der Waals surface area contributed by atoms with Crippen molar-refractivity contribution in [2.45, 2.75) is 32.7 Å². The summed E-state index contributed by atoms with van der Waals surface area (Å²) in [6.07, 6.45) is 3.07. The third-order valence-electron chi connectivity index (χ3n) is 3.35. The highest BCUT2D eigenvalue weighted by Gasteiger charge is 2.48. The van der Waals surface area contributed by atoms with Crippen LogP contribution in [0.25, 0.3) is 0 Å². The first-order chi connectivity index (χ1) is 8.13. The third-order valence-corrected chi connectivity index (χ3v) is 3.35. The second-order valence-electron chi connectivity index (χ2n) is 5.32. The molecule has 1 atom stereocenters. The maximum absolute atomic E-state index is 4.98. The van der Waals surface area contributed by atoms with Crippen LogP contribution in [0.3, 0.4) is 0 Å². The molecule has 1 N–H and O–H groups in total. The fourth-order valence-electron chi connectivity index (χ4n) is 1.98. The lowest BCUT2D eigenvalue weighted by Crippen LogP contribution is -2.19. The Bertz CT molecular complexity index is 379. The lowest BCUT2D eigenvalue weighted by atomic mass is 10.1. The molecule has 1 fully saturated rings. The van der Waals surface area contributed by atoms with Crippen LogP contribution in [0.5, 0.6) is 0 Å². The Morgan fingerprint density at radius 3 is 2.94 bits per heavy atom. The summed E-state index contributed by atoms with van der Waals surface area (Å²) >= 11 is 0. The van der Waals surface area contributed by atoms with E-state index in [1.54, 1.807) is 7.11 Å². The van der Waals surface area contributed by atoms with Crippen molar-refractivity contribution in [3.63, 3.8) is 0 Å². The molecule has 0 spiro atoms. The van der Waals surface area contributed by atoms with Gasteiger partial charge in [0.15, 0.2) is 0 Å². The molecular weight excluding hydrogens is 214 g/mol. The molecule has 0 saturated heterocycles. The van der Waals surface area contributed by atoms with Crippen LogP contribution in [0.1, 0.15) is 37.7 Å². The molecule has 4 heteroatoms. The molecule has 1 aromatic heterocycles. The van der Waals surface area contributed by atoms with Gasteiger partial charge in [-0.15, -0.1) is 0 Å². The SMILES string of the molecule is COCCNCc1ccnc(C2CC2(C)C)n1. The smallest absolute Gasteiger partial charge is 0.132 e. The van der Waals surface area contributed by atoms with Gasteiger partial charge in [-0.3, -0.25) is 0 Å². The minimum atomic E-state index is 0.391. The molecule has 1 aliphatic carbocycles. The number of ether oxygens (including phenoxy) is 1. The predicted molar refractivity (Wildman–Crippen MR) is 66.8 cm³/mol. The molecule has 1 unspecified atom stereocenters. The maximum Gasteiger partial charge on any atom is 0.132 e. The van der Waals surface area contributed by atoms with Crippen molar-refractivity contribution < 1.29 is 4.74 Å². The van der Waals surface area contributed by atoms with Crippen LogP contribution < -0.4 is 5.32 Å². The van der Waals surface area contributed by atoms with Gasteiger partial charge in [0.25, 0.3) is 0 Å². The van der Waals surface area contributed by atoms with Gasteiger partial charge in [-0.1, -0.05) is 13.8 Å². The molecule has 1 saturated carbocycles. The second kappa shape index (κ2) is 5.10. The fraction of sp³-hybridized carbons (Fsp3) is 0.692. The zero-order valence-corrected chi connectivity index (χ0v) is 10.9. The van der Waals surface area contributed by atoms with Crippen molar-refractivity contribution in [2.24, 2.45) is 5.41 Å². The Kier molecular flexibility index (Phi) is 3.74. The van der Waals surface area contributed by atoms with Gasteiger partial charge in [0, 0.05) is 32.3 Å². The lowest BCUT2D eigenvalue weighted by molar-refractivity contribution is 0.199. The van der Waals surface area contributed by atoms with Gasteiger partial charge in [0.1, 0.15) is 5.82 Å². The molecule has 0 amide bonds. The summed E-state index contributed by atoms with van der Waals surface area (Å²) in [6.45, 7) is 6.90. The second-order valence-corrected chi connectivity index (χ2v) is 5.32. The molecule has 17 heavy (non-hydrogen) atoms. The summed E-state index contributed by atoms with van der Waals surface area (Å²) in [5, 5.41) is 3.29. The van der Waals surface area contributed by atoms with Gasteiger partial charge in [0.2, 0.25) is 0 Å². The van der Waals surface area contributed by atoms with E-state index in [0.717, 1.165) is 31.2 Å². The molecule has 1 aliphatic rings. The summed E-state index contributed by atoms with van der Waals surface area (Å²) in [7, 11) is 1.71. The number of nitrogens with zero attached hydrogens (tertiary/aromatic N) is 2. The van der Waals surface area contributed by atoms with Crippen LogP contribution in [-0.2, 0) is 11.3 Å². The molecule has 0 aromatic carbocycles. The molecule has 0 aliphatic heterocycles. The van der Waals surface area contributed by atoms with E-state index in [1.165, 1.54) is 6.42 Å². The normalized spacial score (nSPS) is 21.5. The average molecular weight is 235 g/mol.